The lowest BCUT2D eigenvalue weighted by Crippen LogP contribution is -2.41. The molecule has 2 aliphatic heterocycles. The van der Waals surface area contributed by atoms with E-state index in [2.05, 4.69) is 0 Å². The van der Waals surface area contributed by atoms with Crippen LogP contribution in [0.3, 0.4) is 0 Å². The molecule has 0 radical (unpaired) electrons. The fourth-order valence-electron chi connectivity index (χ4n) is 3.15. The minimum Gasteiger partial charge on any atom is -0.309 e. The number of hydrogen-bond donors (Lipinski definition) is 0. The van der Waals surface area contributed by atoms with Crippen molar-refractivity contribution in [1.82, 2.24) is 9.21 Å². The molecular formula is C15H19N3O4S. The van der Waals surface area contributed by atoms with E-state index in [1.807, 2.05) is 0 Å². The number of carbonyl (C=O) groups is 2. The molecule has 1 atom stereocenters. The van der Waals surface area contributed by atoms with Gasteiger partial charge in [-0.05, 0) is 44.0 Å². The van der Waals surface area contributed by atoms with Gasteiger partial charge in [0, 0.05) is 20.6 Å². The van der Waals surface area contributed by atoms with E-state index in [4.69, 9.17) is 0 Å². The van der Waals surface area contributed by atoms with Gasteiger partial charge in [-0.25, -0.2) is 22.4 Å². The average molecular weight is 337 g/mol. The van der Waals surface area contributed by atoms with Gasteiger partial charge in [0.15, 0.2) is 0 Å². The molecule has 124 valence electrons. The van der Waals surface area contributed by atoms with Crippen LogP contribution in [-0.2, 0) is 14.8 Å². The van der Waals surface area contributed by atoms with Crippen molar-refractivity contribution in [2.24, 2.45) is 0 Å². The molecule has 0 N–H and O–H groups in total. The third-order valence-electron chi connectivity index (χ3n) is 4.60. The molecule has 1 aromatic carbocycles. The number of hydrogen-bond acceptors (Lipinski definition) is 4. The van der Waals surface area contributed by atoms with E-state index >= 15 is 0 Å². The maximum Gasteiger partial charge on any atom is 0.332 e. The Morgan fingerprint density at radius 2 is 1.74 bits per heavy atom. The van der Waals surface area contributed by atoms with Crippen molar-refractivity contribution in [3.8, 4) is 0 Å². The van der Waals surface area contributed by atoms with E-state index < -0.39 is 15.6 Å². The van der Waals surface area contributed by atoms with Gasteiger partial charge >= 0.3 is 6.03 Å². The maximum absolute atomic E-state index is 12.6. The molecule has 0 spiro atoms. The molecule has 1 aromatic rings. The van der Waals surface area contributed by atoms with Crippen molar-refractivity contribution in [2.45, 2.75) is 30.2 Å². The Hall–Kier alpha value is -1.93. The van der Waals surface area contributed by atoms with Crippen molar-refractivity contribution < 1.29 is 18.0 Å². The highest BCUT2D eigenvalue weighted by Crippen LogP contribution is 2.39. The first-order valence-electron chi connectivity index (χ1n) is 7.38. The minimum absolute atomic E-state index is 0.122. The predicted molar refractivity (Wildman–Crippen MR) is 84.5 cm³/mol. The van der Waals surface area contributed by atoms with Crippen molar-refractivity contribution in [1.29, 1.82) is 0 Å². The lowest BCUT2D eigenvalue weighted by atomic mass is 9.99. The third-order valence-corrected chi connectivity index (χ3v) is 6.43. The lowest BCUT2D eigenvalue weighted by Gasteiger charge is -2.22. The van der Waals surface area contributed by atoms with Crippen LogP contribution in [0.25, 0.3) is 0 Å². The monoisotopic (exact) mass is 337 g/mol. The third kappa shape index (κ3) is 2.16. The Balaban J connectivity index is 1.95. The zero-order valence-corrected chi connectivity index (χ0v) is 14.1. The number of amides is 3. The van der Waals surface area contributed by atoms with E-state index in [1.54, 1.807) is 11.8 Å². The highest BCUT2D eigenvalue weighted by Gasteiger charge is 2.56. The lowest BCUT2D eigenvalue weighted by molar-refractivity contribution is -0.123. The van der Waals surface area contributed by atoms with Gasteiger partial charge in [-0.3, -0.25) is 4.79 Å². The molecule has 2 fully saturated rings. The number of nitrogens with zero attached hydrogens (tertiary/aromatic N) is 3. The zero-order chi connectivity index (χ0) is 17.0. The van der Waals surface area contributed by atoms with Crippen LogP contribution in [0.15, 0.2) is 29.2 Å². The Morgan fingerprint density at radius 3 is 2.26 bits per heavy atom. The molecule has 2 aliphatic rings. The second-order valence-electron chi connectivity index (χ2n) is 6.23. The molecule has 0 aromatic heterocycles. The number of imide groups is 1. The molecule has 2 heterocycles. The van der Waals surface area contributed by atoms with Crippen LogP contribution < -0.4 is 4.90 Å². The second kappa shape index (κ2) is 5.04. The van der Waals surface area contributed by atoms with E-state index in [0.717, 1.165) is 15.6 Å². The molecule has 23 heavy (non-hydrogen) atoms. The first-order valence-corrected chi connectivity index (χ1v) is 8.82. The van der Waals surface area contributed by atoms with Gasteiger partial charge in [-0.15, -0.1) is 0 Å². The topological polar surface area (TPSA) is 78.0 Å². The fraction of sp³-hybridized carbons (Fsp3) is 0.467. The summed E-state index contributed by atoms with van der Waals surface area (Å²) in [4.78, 5) is 28.0. The van der Waals surface area contributed by atoms with Crippen LogP contribution in [0.5, 0.6) is 0 Å². The Labute approximate surface area is 135 Å². The summed E-state index contributed by atoms with van der Waals surface area (Å²) in [6.07, 6.45) is 1.48. The number of sulfonamides is 1. The van der Waals surface area contributed by atoms with Gasteiger partial charge in [0.05, 0.1) is 10.6 Å². The normalized spacial score (nSPS) is 24.7. The largest absolute Gasteiger partial charge is 0.332 e. The van der Waals surface area contributed by atoms with Gasteiger partial charge < -0.3 is 4.90 Å². The van der Waals surface area contributed by atoms with Crippen LogP contribution in [0.2, 0.25) is 0 Å². The predicted octanol–water partition coefficient (Wildman–Crippen LogP) is 1.26. The average Bonchev–Trinajstić information content (AvgIpc) is 2.97. The van der Waals surface area contributed by atoms with Gasteiger partial charge in [0.25, 0.3) is 5.91 Å². The van der Waals surface area contributed by atoms with Crippen molar-refractivity contribution in [3.05, 3.63) is 24.3 Å². The molecule has 0 bridgehead atoms. The molecular weight excluding hydrogens is 318 g/mol. The summed E-state index contributed by atoms with van der Waals surface area (Å²) in [7, 11) is -0.636. The van der Waals surface area contributed by atoms with Crippen LogP contribution in [0.4, 0.5) is 10.5 Å². The molecule has 2 saturated heterocycles. The summed E-state index contributed by atoms with van der Waals surface area (Å²) >= 11 is 0. The number of carbonyl (C=O) groups excluding carboxylic acids is 2. The summed E-state index contributed by atoms with van der Waals surface area (Å²) < 4.78 is 25.3. The van der Waals surface area contributed by atoms with E-state index in [0.29, 0.717) is 18.7 Å². The molecule has 8 heteroatoms. The van der Waals surface area contributed by atoms with E-state index in [1.165, 1.54) is 38.4 Å². The highest BCUT2D eigenvalue weighted by atomic mass is 32.2. The summed E-state index contributed by atoms with van der Waals surface area (Å²) in [5.74, 6) is -0.247. The van der Waals surface area contributed by atoms with E-state index in [9.17, 15) is 18.0 Å². The highest BCUT2D eigenvalue weighted by molar-refractivity contribution is 7.89. The molecule has 0 aliphatic carbocycles. The van der Waals surface area contributed by atoms with Crippen molar-refractivity contribution in [3.63, 3.8) is 0 Å². The number of anilines is 1. The first kappa shape index (κ1) is 15.9. The smallest absolute Gasteiger partial charge is 0.309 e. The van der Waals surface area contributed by atoms with Crippen molar-refractivity contribution in [2.75, 3.05) is 25.5 Å². The van der Waals surface area contributed by atoms with Crippen LogP contribution in [0, 0.1) is 0 Å². The molecule has 3 rings (SSSR count). The summed E-state index contributed by atoms with van der Waals surface area (Å²) in [5, 5.41) is 0. The summed E-state index contributed by atoms with van der Waals surface area (Å²) in [6, 6.07) is 5.49. The molecule has 3 amide bonds. The SMILES string of the molecule is CN(C)S(=O)(=O)c1ccc(N2C(=O)N3CCC[C@@]3(C)C2=O)cc1. The quantitative estimate of drug-likeness (QED) is 0.778. The first-order chi connectivity index (χ1) is 10.7. The number of benzene rings is 1. The van der Waals surface area contributed by atoms with Gasteiger partial charge in [-0.2, -0.15) is 0 Å². The zero-order valence-electron chi connectivity index (χ0n) is 13.3. The van der Waals surface area contributed by atoms with Gasteiger partial charge in [0.1, 0.15) is 5.54 Å². The van der Waals surface area contributed by atoms with E-state index in [-0.39, 0.29) is 16.8 Å². The Bertz CT molecular complexity index is 772. The second-order valence-corrected chi connectivity index (χ2v) is 8.39. The van der Waals surface area contributed by atoms with Crippen LogP contribution in [0.1, 0.15) is 19.8 Å². The number of urea groups is 1. The van der Waals surface area contributed by atoms with Gasteiger partial charge in [-0.1, -0.05) is 0 Å². The Morgan fingerprint density at radius 1 is 1.13 bits per heavy atom. The van der Waals surface area contributed by atoms with Crippen molar-refractivity contribution >= 4 is 27.6 Å². The molecule has 0 saturated carbocycles. The molecule has 7 nitrogen and oxygen atoms in total. The fourth-order valence-corrected chi connectivity index (χ4v) is 4.05. The number of fused-ring (bicyclic) bond motifs is 1. The van der Waals surface area contributed by atoms with Crippen LogP contribution in [-0.4, -0.2) is 55.7 Å². The molecule has 0 unspecified atom stereocenters. The van der Waals surface area contributed by atoms with Gasteiger partial charge in [0.2, 0.25) is 10.0 Å². The standard InChI is InChI=1S/C15H19N3O4S/c1-15-9-4-10-17(15)14(20)18(13(15)19)11-5-7-12(8-6-11)23(21,22)16(2)3/h5-8H,4,9-10H2,1-3H3/t15-/m0/s1. The Kier molecular flexibility index (Phi) is 3.49. The minimum atomic E-state index is -3.54. The number of rotatable bonds is 3. The maximum atomic E-state index is 12.6. The summed E-state index contributed by atoms with van der Waals surface area (Å²) in [5.41, 5.74) is -0.376. The van der Waals surface area contributed by atoms with Crippen LogP contribution >= 0.6 is 0 Å². The summed E-state index contributed by atoms with van der Waals surface area (Å²) in [6.45, 7) is 2.36.